The van der Waals surface area contributed by atoms with Gasteiger partial charge in [-0.1, -0.05) is 24.3 Å². The lowest BCUT2D eigenvalue weighted by molar-refractivity contribution is 0.0984. The zero-order valence-electron chi connectivity index (χ0n) is 15.0. The summed E-state index contributed by atoms with van der Waals surface area (Å²) in [7, 11) is 0. The molecule has 5 nitrogen and oxygen atoms in total. The van der Waals surface area contributed by atoms with Crippen molar-refractivity contribution in [3.05, 3.63) is 89.0 Å². The number of carbonyl (C=O) groups excluding carboxylic acids is 2. The molecule has 1 aliphatic rings. The van der Waals surface area contributed by atoms with E-state index in [0.717, 1.165) is 23.7 Å². The Morgan fingerprint density at radius 1 is 0.897 bits per heavy atom. The van der Waals surface area contributed by atoms with Crippen LogP contribution in [0.15, 0.2) is 54.6 Å². The number of carbonyl (C=O) groups is 2. The molecule has 2 amide bonds. The lowest BCUT2D eigenvalue weighted by Gasteiger charge is -2.17. The molecule has 29 heavy (non-hydrogen) atoms. The summed E-state index contributed by atoms with van der Waals surface area (Å²) in [4.78, 5) is 30.9. The fraction of sp³-hybridized carbons (Fsp3) is 0.0952. The maximum atomic E-state index is 13.8. The van der Waals surface area contributed by atoms with Gasteiger partial charge in [0.1, 0.15) is 11.4 Å². The zero-order valence-corrected chi connectivity index (χ0v) is 15.0. The molecule has 1 N–H and O–H groups in total. The minimum Gasteiger partial charge on any atom is -0.318 e. The quantitative estimate of drug-likeness (QED) is 0.681. The third-order valence-electron chi connectivity index (χ3n) is 4.62. The van der Waals surface area contributed by atoms with Gasteiger partial charge in [-0.15, -0.1) is 0 Å². The predicted octanol–water partition coefficient (Wildman–Crippen LogP) is 3.95. The van der Waals surface area contributed by atoms with Crippen molar-refractivity contribution in [1.29, 1.82) is 0 Å². The van der Waals surface area contributed by atoms with E-state index in [2.05, 4.69) is 10.3 Å². The van der Waals surface area contributed by atoms with Gasteiger partial charge in [-0.05, 0) is 42.3 Å². The first-order valence-corrected chi connectivity index (χ1v) is 8.77. The molecule has 8 heteroatoms. The number of pyridine rings is 1. The van der Waals surface area contributed by atoms with E-state index >= 15 is 0 Å². The van der Waals surface area contributed by atoms with Crippen LogP contribution >= 0.6 is 0 Å². The van der Waals surface area contributed by atoms with E-state index < -0.39 is 29.0 Å². The van der Waals surface area contributed by atoms with Crippen LogP contribution in [0, 0.1) is 17.5 Å². The highest BCUT2D eigenvalue weighted by atomic mass is 19.2. The minimum atomic E-state index is -1.69. The van der Waals surface area contributed by atoms with Crippen LogP contribution in [0.4, 0.5) is 24.5 Å². The molecular weight excluding hydrogens is 383 g/mol. The lowest BCUT2D eigenvalue weighted by atomic mass is 10.2. The van der Waals surface area contributed by atoms with Crippen LogP contribution in [-0.4, -0.2) is 23.3 Å². The van der Waals surface area contributed by atoms with E-state index in [-0.39, 0.29) is 17.3 Å². The Kier molecular flexibility index (Phi) is 4.75. The third-order valence-corrected chi connectivity index (χ3v) is 4.62. The van der Waals surface area contributed by atoms with Gasteiger partial charge in [-0.3, -0.25) is 9.59 Å². The van der Waals surface area contributed by atoms with E-state index in [9.17, 15) is 22.8 Å². The number of halogens is 3. The Labute approximate surface area is 163 Å². The van der Waals surface area contributed by atoms with Gasteiger partial charge >= 0.3 is 0 Å². The number of fused-ring (bicyclic) bond motifs is 1. The number of amides is 2. The summed E-state index contributed by atoms with van der Waals surface area (Å²) in [5, 5.41) is 2.14. The normalized spacial score (nSPS) is 12.6. The van der Waals surface area contributed by atoms with Crippen LogP contribution in [0.25, 0.3) is 0 Å². The number of anilines is 2. The van der Waals surface area contributed by atoms with Gasteiger partial charge in [-0.25, -0.2) is 18.2 Å². The van der Waals surface area contributed by atoms with Gasteiger partial charge < -0.3 is 10.2 Å². The SMILES string of the molecule is O=C(Nc1ccc(F)c(F)c1F)c1cccc(C(=O)N2CCc3ccccc32)n1. The number of hydrogen-bond donors (Lipinski definition) is 1. The Bertz CT molecular complexity index is 1130. The highest BCUT2D eigenvalue weighted by Crippen LogP contribution is 2.28. The second-order valence-electron chi connectivity index (χ2n) is 6.42. The number of rotatable bonds is 3. The molecule has 0 aliphatic carbocycles. The highest BCUT2D eigenvalue weighted by Gasteiger charge is 2.26. The van der Waals surface area contributed by atoms with Crippen molar-refractivity contribution in [3.8, 4) is 0 Å². The standard InChI is InChI=1S/C21H14F3N3O2/c22-13-8-9-14(19(24)18(13)23)26-20(28)15-5-3-6-16(25-15)21(29)27-11-10-12-4-1-2-7-17(12)27/h1-9H,10-11H2,(H,26,28). The third kappa shape index (κ3) is 3.44. The molecule has 3 aromatic rings. The van der Waals surface area contributed by atoms with E-state index in [1.807, 2.05) is 24.3 Å². The maximum Gasteiger partial charge on any atom is 0.276 e. The van der Waals surface area contributed by atoms with E-state index in [4.69, 9.17) is 0 Å². The fourth-order valence-electron chi connectivity index (χ4n) is 3.18. The molecule has 0 unspecified atom stereocenters. The largest absolute Gasteiger partial charge is 0.318 e. The Morgan fingerprint density at radius 2 is 1.66 bits per heavy atom. The van der Waals surface area contributed by atoms with Crippen molar-refractivity contribution in [3.63, 3.8) is 0 Å². The van der Waals surface area contributed by atoms with Gasteiger partial charge in [0.05, 0.1) is 5.69 Å². The Hall–Kier alpha value is -3.68. The van der Waals surface area contributed by atoms with Gasteiger partial charge in [0.15, 0.2) is 17.5 Å². The Morgan fingerprint density at radius 3 is 2.48 bits per heavy atom. The molecule has 0 spiro atoms. The molecular formula is C21H14F3N3O2. The monoisotopic (exact) mass is 397 g/mol. The molecule has 0 fully saturated rings. The van der Waals surface area contributed by atoms with Crippen LogP contribution < -0.4 is 10.2 Å². The summed E-state index contributed by atoms with van der Waals surface area (Å²) in [6.07, 6.45) is 0.720. The van der Waals surface area contributed by atoms with Gasteiger partial charge in [-0.2, -0.15) is 0 Å². The number of benzene rings is 2. The van der Waals surface area contributed by atoms with Crippen molar-refractivity contribution < 1.29 is 22.8 Å². The molecule has 2 heterocycles. The van der Waals surface area contributed by atoms with E-state index in [1.165, 1.54) is 18.2 Å². The molecule has 4 rings (SSSR count). The first kappa shape index (κ1) is 18.7. The molecule has 2 aromatic carbocycles. The smallest absolute Gasteiger partial charge is 0.276 e. The molecule has 146 valence electrons. The molecule has 1 aromatic heterocycles. The summed E-state index contributed by atoms with van der Waals surface area (Å²) < 4.78 is 40.2. The second kappa shape index (κ2) is 7.38. The summed E-state index contributed by atoms with van der Waals surface area (Å²) in [5.41, 5.74) is 1.19. The van der Waals surface area contributed by atoms with Crippen molar-refractivity contribution in [2.24, 2.45) is 0 Å². The maximum absolute atomic E-state index is 13.8. The molecule has 0 saturated carbocycles. The first-order chi connectivity index (χ1) is 14.0. The van der Waals surface area contributed by atoms with E-state index in [0.29, 0.717) is 12.6 Å². The predicted molar refractivity (Wildman–Crippen MR) is 100 cm³/mol. The molecule has 1 aliphatic heterocycles. The molecule has 0 bridgehead atoms. The van der Waals surface area contributed by atoms with Crippen LogP contribution in [0.5, 0.6) is 0 Å². The average Bonchev–Trinajstić information content (AvgIpc) is 3.18. The topological polar surface area (TPSA) is 62.3 Å². The molecule has 0 atom stereocenters. The zero-order chi connectivity index (χ0) is 20.5. The number of nitrogens with one attached hydrogen (secondary N) is 1. The van der Waals surface area contributed by atoms with Crippen LogP contribution in [0.3, 0.4) is 0 Å². The van der Waals surface area contributed by atoms with Gasteiger partial charge in [0, 0.05) is 12.2 Å². The van der Waals surface area contributed by atoms with Crippen molar-refractivity contribution in [1.82, 2.24) is 4.98 Å². The number of nitrogens with zero attached hydrogens (tertiary/aromatic N) is 2. The van der Waals surface area contributed by atoms with Crippen molar-refractivity contribution in [2.75, 3.05) is 16.8 Å². The van der Waals surface area contributed by atoms with Gasteiger partial charge in [0.25, 0.3) is 11.8 Å². The first-order valence-electron chi connectivity index (χ1n) is 8.77. The number of para-hydroxylation sites is 1. The van der Waals surface area contributed by atoms with Crippen LogP contribution in [0.1, 0.15) is 26.5 Å². The van der Waals surface area contributed by atoms with Crippen molar-refractivity contribution >= 4 is 23.2 Å². The summed E-state index contributed by atoms with van der Waals surface area (Å²) in [5.74, 6) is -5.79. The lowest BCUT2D eigenvalue weighted by Crippen LogP contribution is -2.30. The van der Waals surface area contributed by atoms with Crippen molar-refractivity contribution in [2.45, 2.75) is 6.42 Å². The summed E-state index contributed by atoms with van der Waals surface area (Å²) in [6.45, 7) is 0.496. The number of hydrogen-bond acceptors (Lipinski definition) is 3. The fourth-order valence-corrected chi connectivity index (χ4v) is 3.18. The minimum absolute atomic E-state index is 0.0418. The summed E-state index contributed by atoms with van der Waals surface area (Å²) >= 11 is 0. The molecule has 0 radical (unpaired) electrons. The highest BCUT2D eigenvalue weighted by molar-refractivity contribution is 6.08. The molecule has 0 saturated heterocycles. The number of aromatic nitrogens is 1. The Balaban J connectivity index is 1.57. The van der Waals surface area contributed by atoms with Crippen LogP contribution in [0.2, 0.25) is 0 Å². The van der Waals surface area contributed by atoms with Gasteiger partial charge in [0.2, 0.25) is 0 Å². The second-order valence-corrected chi connectivity index (χ2v) is 6.42. The van der Waals surface area contributed by atoms with E-state index in [1.54, 1.807) is 4.90 Å². The van der Waals surface area contributed by atoms with Crippen LogP contribution in [-0.2, 0) is 6.42 Å². The average molecular weight is 397 g/mol. The summed E-state index contributed by atoms with van der Waals surface area (Å²) in [6, 6.07) is 13.4.